The van der Waals surface area contributed by atoms with Gasteiger partial charge in [-0.1, -0.05) is 11.6 Å². The van der Waals surface area contributed by atoms with Crippen LogP contribution in [0, 0.1) is 0 Å². The Hall–Kier alpha value is -2.63. The van der Waals surface area contributed by atoms with Crippen molar-refractivity contribution in [3.63, 3.8) is 0 Å². The Balaban J connectivity index is 1.96. The standard InChI is InChI=1S/C17H18N2O4/c20-15-13-7-6-12(16(21)22)10-14(13)18-17(23)19(15)9-8-11-4-2-1-3-5-11/h4,6-7,10H,1-3,5,8-9H2,(H,18,23)(H,21,22). The average molecular weight is 314 g/mol. The molecular weight excluding hydrogens is 296 g/mol. The minimum absolute atomic E-state index is 0.0395. The molecule has 1 aliphatic rings. The second-order valence-corrected chi connectivity index (χ2v) is 5.81. The van der Waals surface area contributed by atoms with Gasteiger partial charge < -0.3 is 10.1 Å². The number of hydrogen-bond donors (Lipinski definition) is 2. The molecule has 2 aromatic rings. The van der Waals surface area contributed by atoms with Gasteiger partial charge in [-0.2, -0.15) is 0 Å². The smallest absolute Gasteiger partial charge is 0.335 e. The van der Waals surface area contributed by atoms with Gasteiger partial charge in [-0.15, -0.1) is 0 Å². The third-order valence-corrected chi connectivity index (χ3v) is 4.27. The topological polar surface area (TPSA) is 92.2 Å². The highest BCUT2D eigenvalue weighted by Gasteiger charge is 2.11. The molecule has 2 N–H and O–H groups in total. The van der Waals surface area contributed by atoms with Crippen LogP contribution in [-0.2, 0) is 6.54 Å². The van der Waals surface area contributed by atoms with Crippen LogP contribution in [-0.4, -0.2) is 20.6 Å². The van der Waals surface area contributed by atoms with E-state index in [1.54, 1.807) is 0 Å². The summed E-state index contributed by atoms with van der Waals surface area (Å²) in [7, 11) is 0. The zero-order valence-corrected chi connectivity index (χ0v) is 12.7. The van der Waals surface area contributed by atoms with Crippen molar-refractivity contribution in [1.82, 2.24) is 9.55 Å². The van der Waals surface area contributed by atoms with E-state index in [9.17, 15) is 14.4 Å². The molecule has 0 saturated heterocycles. The van der Waals surface area contributed by atoms with Crippen LogP contribution in [0.25, 0.3) is 10.9 Å². The van der Waals surface area contributed by atoms with Gasteiger partial charge in [0.15, 0.2) is 0 Å². The number of rotatable bonds is 4. The lowest BCUT2D eigenvalue weighted by atomic mass is 9.97. The van der Waals surface area contributed by atoms with E-state index < -0.39 is 11.7 Å². The SMILES string of the molecule is O=C(O)c1ccc2c(=O)n(CCC3=CCCCC3)c(=O)[nH]c2c1. The Labute approximate surface area is 132 Å². The Morgan fingerprint density at radius 2 is 2.09 bits per heavy atom. The highest BCUT2D eigenvalue weighted by Crippen LogP contribution is 2.20. The van der Waals surface area contributed by atoms with Crippen LogP contribution in [0.2, 0.25) is 0 Å². The van der Waals surface area contributed by atoms with Gasteiger partial charge in [0, 0.05) is 6.54 Å². The molecule has 0 spiro atoms. The molecule has 0 radical (unpaired) electrons. The third kappa shape index (κ3) is 3.11. The third-order valence-electron chi connectivity index (χ3n) is 4.27. The Morgan fingerprint density at radius 1 is 1.26 bits per heavy atom. The quantitative estimate of drug-likeness (QED) is 0.847. The number of nitrogens with zero attached hydrogens (tertiary/aromatic N) is 1. The van der Waals surface area contributed by atoms with Crippen LogP contribution in [0.1, 0.15) is 42.5 Å². The number of aromatic carboxylic acids is 1. The fraction of sp³-hybridized carbons (Fsp3) is 0.353. The zero-order chi connectivity index (χ0) is 16.4. The number of aromatic amines is 1. The first-order valence-electron chi connectivity index (χ1n) is 7.74. The van der Waals surface area contributed by atoms with Gasteiger partial charge in [-0.25, -0.2) is 9.59 Å². The molecule has 0 atom stereocenters. The van der Waals surface area contributed by atoms with Gasteiger partial charge >= 0.3 is 11.7 Å². The fourth-order valence-corrected chi connectivity index (χ4v) is 2.98. The lowest BCUT2D eigenvalue weighted by Gasteiger charge is -2.13. The summed E-state index contributed by atoms with van der Waals surface area (Å²) in [6.07, 6.45) is 7.35. The molecule has 1 aromatic heterocycles. The number of H-pyrrole nitrogens is 1. The molecule has 0 amide bonds. The van der Waals surface area contributed by atoms with Gasteiger partial charge in [0.05, 0.1) is 16.5 Å². The molecule has 0 saturated carbocycles. The summed E-state index contributed by atoms with van der Waals surface area (Å²) in [5, 5.41) is 9.31. The molecule has 0 fully saturated rings. The number of carboxylic acid groups (broad SMARTS) is 1. The van der Waals surface area contributed by atoms with E-state index in [2.05, 4.69) is 11.1 Å². The molecule has 0 bridgehead atoms. The van der Waals surface area contributed by atoms with E-state index in [1.165, 1.54) is 34.8 Å². The highest BCUT2D eigenvalue weighted by atomic mass is 16.4. The van der Waals surface area contributed by atoms with Crippen LogP contribution in [0.4, 0.5) is 0 Å². The number of benzene rings is 1. The number of aromatic nitrogens is 2. The van der Waals surface area contributed by atoms with E-state index in [4.69, 9.17) is 5.11 Å². The van der Waals surface area contributed by atoms with Crippen LogP contribution in [0.3, 0.4) is 0 Å². The van der Waals surface area contributed by atoms with Gasteiger partial charge in [0.1, 0.15) is 0 Å². The van der Waals surface area contributed by atoms with Crippen LogP contribution in [0.15, 0.2) is 39.4 Å². The van der Waals surface area contributed by atoms with Crippen molar-refractivity contribution in [1.29, 1.82) is 0 Å². The van der Waals surface area contributed by atoms with Gasteiger partial charge in [-0.3, -0.25) is 9.36 Å². The molecule has 3 rings (SSSR count). The molecule has 0 aliphatic heterocycles. The summed E-state index contributed by atoms with van der Waals surface area (Å²) in [5.41, 5.74) is 0.716. The van der Waals surface area contributed by atoms with E-state index in [0.717, 1.165) is 19.3 Å². The Kier molecular flexibility index (Phi) is 4.14. The molecule has 6 nitrogen and oxygen atoms in total. The number of carboxylic acids is 1. The molecule has 1 aliphatic carbocycles. The van der Waals surface area contributed by atoms with Crippen LogP contribution in [0.5, 0.6) is 0 Å². The summed E-state index contributed by atoms with van der Waals surface area (Å²) in [6, 6.07) is 4.14. The zero-order valence-electron chi connectivity index (χ0n) is 12.7. The Morgan fingerprint density at radius 3 is 2.78 bits per heavy atom. The molecule has 23 heavy (non-hydrogen) atoms. The molecule has 6 heteroatoms. The van der Waals surface area contributed by atoms with Crippen molar-refractivity contribution in [2.24, 2.45) is 0 Å². The van der Waals surface area contributed by atoms with E-state index in [0.29, 0.717) is 18.4 Å². The van der Waals surface area contributed by atoms with Crippen molar-refractivity contribution in [3.05, 3.63) is 56.2 Å². The Bertz CT molecular complexity index is 905. The van der Waals surface area contributed by atoms with Crippen molar-refractivity contribution in [2.45, 2.75) is 38.6 Å². The summed E-state index contributed by atoms with van der Waals surface area (Å²) >= 11 is 0. The first-order chi connectivity index (χ1) is 11.1. The highest BCUT2D eigenvalue weighted by molar-refractivity contribution is 5.92. The summed E-state index contributed by atoms with van der Waals surface area (Å²) in [6.45, 7) is 0.344. The molecule has 0 unspecified atom stereocenters. The van der Waals surface area contributed by atoms with Gasteiger partial charge in [-0.05, 0) is 50.3 Å². The maximum atomic E-state index is 12.5. The number of carbonyl (C=O) groups is 1. The number of fused-ring (bicyclic) bond motifs is 1. The molecular formula is C17H18N2O4. The predicted molar refractivity (Wildman–Crippen MR) is 87.0 cm³/mol. The lowest BCUT2D eigenvalue weighted by molar-refractivity contribution is 0.0697. The average Bonchev–Trinajstić information content (AvgIpc) is 2.55. The molecule has 1 aromatic carbocycles. The number of nitrogens with one attached hydrogen (secondary N) is 1. The lowest BCUT2D eigenvalue weighted by Crippen LogP contribution is -2.35. The maximum Gasteiger partial charge on any atom is 0.335 e. The van der Waals surface area contributed by atoms with E-state index >= 15 is 0 Å². The minimum atomic E-state index is -1.10. The van der Waals surface area contributed by atoms with Crippen molar-refractivity contribution >= 4 is 16.9 Å². The van der Waals surface area contributed by atoms with Crippen molar-refractivity contribution in [2.75, 3.05) is 0 Å². The summed E-state index contributed by atoms with van der Waals surface area (Å²) in [4.78, 5) is 38.2. The maximum absolute atomic E-state index is 12.5. The monoisotopic (exact) mass is 314 g/mol. The molecule has 1 heterocycles. The van der Waals surface area contributed by atoms with E-state index in [1.807, 2.05) is 0 Å². The largest absolute Gasteiger partial charge is 0.478 e. The second-order valence-electron chi connectivity index (χ2n) is 5.81. The fourth-order valence-electron chi connectivity index (χ4n) is 2.98. The van der Waals surface area contributed by atoms with Gasteiger partial charge in [0.25, 0.3) is 5.56 Å². The van der Waals surface area contributed by atoms with Gasteiger partial charge in [0.2, 0.25) is 0 Å². The number of hydrogen-bond acceptors (Lipinski definition) is 3. The summed E-state index contributed by atoms with van der Waals surface area (Å²) < 4.78 is 1.19. The minimum Gasteiger partial charge on any atom is -0.478 e. The predicted octanol–water partition coefficient (Wildman–Crippen LogP) is 2.28. The second kappa shape index (κ2) is 6.24. The van der Waals surface area contributed by atoms with Crippen LogP contribution < -0.4 is 11.2 Å². The van der Waals surface area contributed by atoms with Crippen molar-refractivity contribution in [3.8, 4) is 0 Å². The van der Waals surface area contributed by atoms with E-state index in [-0.39, 0.29) is 16.6 Å². The first kappa shape index (κ1) is 15.3. The van der Waals surface area contributed by atoms with Crippen LogP contribution >= 0.6 is 0 Å². The van der Waals surface area contributed by atoms with Crippen molar-refractivity contribution < 1.29 is 9.90 Å². The normalized spacial score (nSPS) is 14.7. The number of allylic oxidation sites excluding steroid dienone is 2. The summed E-state index contributed by atoms with van der Waals surface area (Å²) in [5.74, 6) is -1.10. The molecule has 120 valence electrons. The first-order valence-corrected chi connectivity index (χ1v) is 7.74.